The summed E-state index contributed by atoms with van der Waals surface area (Å²) in [6.45, 7) is 0.992. The second-order valence-corrected chi connectivity index (χ2v) is 4.81. The van der Waals surface area contributed by atoms with Crippen LogP contribution in [0.3, 0.4) is 0 Å². The van der Waals surface area contributed by atoms with Crippen LogP contribution in [-0.4, -0.2) is 35.5 Å². The van der Waals surface area contributed by atoms with Gasteiger partial charge in [0.05, 0.1) is 6.04 Å². The molecule has 2 rings (SSSR count). The first kappa shape index (κ1) is 10.9. The molecule has 4 N–H and O–H groups in total. The lowest BCUT2D eigenvalue weighted by Crippen LogP contribution is -2.55. The summed E-state index contributed by atoms with van der Waals surface area (Å²) < 4.78 is 0. The lowest BCUT2D eigenvalue weighted by Gasteiger charge is -2.39. The summed E-state index contributed by atoms with van der Waals surface area (Å²) in [5, 5.41) is 0. The van der Waals surface area contributed by atoms with Gasteiger partial charge >= 0.3 is 0 Å². The number of piperidine rings is 1. The first-order valence-electron chi connectivity index (χ1n) is 6.01. The van der Waals surface area contributed by atoms with Gasteiger partial charge in [-0.15, -0.1) is 0 Å². The molecule has 15 heavy (non-hydrogen) atoms. The van der Waals surface area contributed by atoms with E-state index in [4.69, 9.17) is 11.5 Å². The number of hydrogen-bond acceptors (Lipinski definition) is 3. The van der Waals surface area contributed by atoms with E-state index in [0.29, 0.717) is 6.04 Å². The lowest BCUT2D eigenvalue weighted by atomic mass is 9.97. The van der Waals surface area contributed by atoms with E-state index in [-0.39, 0.29) is 18.0 Å². The number of amides is 1. The average molecular weight is 211 g/mol. The summed E-state index contributed by atoms with van der Waals surface area (Å²) in [7, 11) is 0. The molecule has 1 saturated heterocycles. The predicted molar refractivity (Wildman–Crippen MR) is 59.2 cm³/mol. The molecule has 3 atom stereocenters. The van der Waals surface area contributed by atoms with Gasteiger partial charge in [-0.05, 0) is 32.2 Å². The van der Waals surface area contributed by atoms with Gasteiger partial charge in [0.25, 0.3) is 0 Å². The molecule has 1 amide bonds. The number of likely N-dealkylation sites (tertiary alicyclic amines) is 1. The zero-order valence-corrected chi connectivity index (χ0v) is 9.19. The van der Waals surface area contributed by atoms with Gasteiger partial charge in [-0.1, -0.05) is 12.8 Å². The smallest absolute Gasteiger partial charge is 0.234 e. The number of carbonyl (C=O) groups is 1. The molecule has 0 aromatic carbocycles. The molecule has 1 heterocycles. The Morgan fingerprint density at radius 1 is 1.13 bits per heavy atom. The lowest BCUT2D eigenvalue weighted by molar-refractivity contribution is -0.125. The maximum absolute atomic E-state index is 11.4. The zero-order valence-electron chi connectivity index (χ0n) is 9.19. The topological polar surface area (TPSA) is 72.4 Å². The molecule has 86 valence electrons. The summed E-state index contributed by atoms with van der Waals surface area (Å²) >= 11 is 0. The minimum Gasteiger partial charge on any atom is -0.368 e. The van der Waals surface area contributed by atoms with E-state index in [1.165, 1.54) is 12.8 Å². The molecule has 4 heteroatoms. The molecule has 0 aromatic heterocycles. The number of nitrogens with zero attached hydrogens (tertiary/aromatic N) is 1. The van der Waals surface area contributed by atoms with Crippen LogP contribution in [0.2, 0.25) is 0 Å². The monoisotopic (exact) mass is 211 g/mol. The van der Waals surface area contributed by atoms with E-state index in [1.54, 1.807) is 0 Å². The number of nitrogens with two attached hydrogens (primary N) is 2. The second kappa shape index (κ2) is 4.49. The Hall–Kier alpha value is -0.610. The number of rotatable bonds is 2. The van der Waals surface area contributed by atoms with E-state index < -0.39 is 0 Å². The van der Waals surface area contributed by atoms with Crippen molar-refractivity contribution < 1.29 is 4.79 Å². The fourth-order valence-corrected chi connectivity index (χ4v) is 3.04. The molecule has 0 spiro atoms. The average Bonchev–Trinajstić information content (AvgIpc) is 2.64. The molecule has 4 nitrogen and oxygen atoms in total. The summed E-state index contributed by atoms with van der Waals surface area (Å²) in [5.41, 5.74) is 11.5. The molecular weight excluding hydrogens is 190 g/mol. The third-order valence-corrected chi connectivity index (χ3v) is 3.83. The van der Waals surface area contributed by atoms with E-state index in [0.717, 1.165) is 32.2 Å². The van der Waals surface area contributed by atoms with Gasteiger partial charge in [0.15, 0.2) is 0 Å². The highest BCUT2D eigenvalue weighted by molar-refractivity contribution is 5.80. The Labute approximate surface area is 91.0 Å². The minimum atomic E-state index is -0.172. The third kappa shape index (κ3) is 2.16. The molecule has 0 aromatic rings. The molecule has 1 aliphatic heterocycles. The first-order chi connectivity index (χ1) is 7.20. The first-order valence-corrected chi connectivity index (χ1v) is 6.01. The maximum Gasteiger partial charge on any atom is 0.234 e. The number of carbonyl (C=O) groups excluding carboxylic acids is 1. The number of primary amides is 1. The molecule has 0 radical (unpaired) electrons. The molecule has 1 saturated carbocycles. The van der Waals surface area contributed by atoms with Gasteiger partial charge in [-0.3, -0.25) is 9.69 Å². The summed E-state index contributed by atoms with van der Waals surface area (Å²) in [4.78, 5) is 13.6. The van der Waals surface area contributed by atoms with Crippen LogP contribution in [0.4, 0.5) is 0 Å². The largest absolute Gasteiger partial charge is 0.368 e. The van der Waals surface area contributed by atoms with Crippen molar-refractivity contribution in [3.63, 3.8) is 0 Å². The predicted octanol–water partition coefficient (Wildman–Crippen LogP) is 0.206. The van der Waals surface area contributed by atoms with Crippen molar-refractivity contribution in [2.75, 3.05) is 6.54 Å². The molecule has 0 bridgehead atoms. The number of hydrogen-bond donors (Lipinski definition) is 2. The molecule has 2 aliphatic rings. The Morgan fingerprint density at radius 2 is 1.93 bits per heavy atom. The highest BCUT2D eigenvalue weighted by Crippen LogP contribution is 2.28. The summed E-state index contributed by atoms with van der Waals surface area (Å²) in [5.74, 6) is -0.172. The Balaban J connectivity index is 2.06. The molecule has 1 aliphatic carbocycles. The van der Waals surface area contributed by atoms with Crippen molar-refractivity contribution in [2.45, 2.75) is 56.7 Å². The summed E-state index contributed by atoms with van der Waals surface area (Å²) in [6.07, 6.45) is 6.61. The Morgan fingerprint density at radius 3 is 2.53 bits per heavy atom. The van der Waals surface area contributed by atoms with Crippen LogP contribution in [0, 0.1) is 0 Å². The Bertz CT molecular complexity index is 244. The second-order valence-electron chi connectivity index (χ2n) is 4.81. The molecular formula is C11H21N3O. The fourth-order valence-electron chi connectivity index (χ4n) is 3.04. The van der Waals surface area contributed by atoms with E-state index >= 15 is 0 Å². The highest BCUT2D eigenvalue weighted by Gasteiger charge is 2.37. The van der Waals surface area contributed by atoms with Crippen LogP contribution >= 0.6 is 0 Å². The van der Waals surface area contributed by atoms with Crippen molar-refractivity contribution in [2.24, 2.45) is 11.5 Å². The van der Waals surface area contributed by atoms with Crippen molar-refractivity contribution in [1.29, 1.82) is 0 Å². The molecule has 3 unspecified atom stereocenters. The van der Waals surface area contributed by atoms with Crippen molar-refractivity contribution in [1.82, 2.24) is 4.90 Å². The van der Waals surface area contributed by atoms with Crippen LogP contribution in [-0.2, 0) is 4.79 Å². The van der Waals surface area contributed by atoms with Crippen molar-refractivity contribution in [3.05, 3.63) is 0 Å². The van der Waals surface area contributed by atoms with Crippen LogP contribution in [0.25, 0.3) is 0 Å². The maximum atomic E-state index is 11.4. The highest BCUT2D eigenvalue weighted by atomic mass is 16.1. The fraction of sp³-hybridized carbons (Fsp3) is 0.909. The standard InChI is InChI=1S/C11H21N3O/c12-8-4-3-6-9(8)14-7-2-1-5-10(14)11(13)15/h8-10H,1-7,12H2,(H2,13,15). The summed E-state index contributed by atoms with van der Waals surface area (Å²) in [6, 6.07) is 0.570. The van der Waals surface area contributed by atoms with Gasteiger partial charge in [0.2, 0.25) is 5.91 Å². The van der Waals surface area contributed by atoms with Crippen molar-refractivity contribution >= 4 is 5.91 Å². The van der Waals surface area contributed by atoms with Crippen LogP contribution in [0.1, 0.15) is 38.5 Å². The van der Waals surface area contributed by atoms with Crippen LogP contribution in [0.5, 0.6) is 0 Å². The third-order valence-electron chi connectivity index (χ3n) is 3.83. The van der Waals surface area contributed by atoms with Gasteiger partial charge in [-0.2, -0.15) is 0 Å². The van der Waals surface area contributed by atoms with Gasteiger partial charge in [0.1, 0.15) is 0 Å². The van der Waals surface area contributed by atoms with E-state index in [1.807, 2.05) is 0 Å². The van der Waals surface area contributed by atoms with Gasteiger partial charge < -0.3 is 11.5 Å². The quantitative estimate of drug-likeness (QED) is 0.685. The van der Waals surface area contributed by atoms with Crippen LogP contribution in [0.15, 0.2) is 0 Å². The Kier molecular flexibility index (Phi) is 3.26. The van der Waals surface area contributed by atoms with Crippen molar-refractivity contribution in [3.8, 4) is 0 Å². The van der Waals surface area contributed by atoms with Gasteiger partial charge in [0, 0.05) is 12.1 Å². The van der Waals surface area contributed by atoms with E-state index in [9.17, 15) is 4.79 Å². The normalized spacial score (nSPS) is 38.1. The SMILES string of the molecule is NC(=O)C1CCCCN1C1CCCC1N. The zero-order chi connectivity index (χ0) is 10.8. The van der Waals surface area contributed by atoms with Crippen LogP contribution < -0.4 is 11.5 Å². The van der Waals surface area contributed by atoms with Gasteiger partial charge in [-0.25, -0.2) is 0 Å². The molecule has 2 fully saturated rings. The van der Waals surface area contributed by atoms with E-state index in [2.05, 4.69) is 4.90 Å². The minimum absolute atomic E-state index is 0.0621.